The molecular weight excluding hydrogens is 837 g/mol. The van der Waals surface area contributed by atoms with Crippen molar-refractivity contribution in [2.24, 2.45) is 28.8 Å². The first-order valence-corrected chi connectivity index (χ1v) is 22.8. The number of carbonyl (C=O) groups excluding carboxylic acids is 2. The largest absolute Gasteiger partial charge is 0.459 e. The van der Waals surface area contributed by atoms with Crippen LogP contribution in [0.3, 0.4) is 0 Å². The molecule has 0 spiro atoms. The summed E-state index contributed by atoms with van der Waals surface area (Å²) in [5, 5.41) is 38.9. The van der Waals surface area contributed by atoms with Gasteiger partial charge in [-0.15, -0.1) is 6.58 Å². The molecule has 2 heterocycles. The minimum Gasteiger partial charge on any atom is -0.459 e. The van der Waals surface area contributed by atoms with Crippen LogP contribution in [-0.4, -0.2) is 82.7 Å². The highest BCUT2D eigenvalue weighted by atomic mass is 16.7. The number of non-ortho nitro benzene ring substituents is 1. The average molecular weight is 895 g/mol. The number of fused-ring (bicyclic) bond motifs is 3. The van der Waals surface area contributed by atoms with E-state index in [1.807, 2.05) is 42.2 Å². The zero-order valence-electron chi connectivity index (χ0n) is 36.7. The molecule has 6 unspecified atom stereocenters. The number of aliphatic hydroxyl groups excluding tert-OH is 2. The average Bonchev–Trinajstić information content (AvgIpc) is 4.06. The highest BCUT2D eigenvalue weighted by Crippen LogP contribution is 2.62. The number of nitrogens with zero attached hydrogens (tertiary/aromatic N) is 3. The Morgan fingerprint density at radius 3 is 2.45 bits per heavy atom. The van der Waals surface area contributed by atoms with Gasteiger partial charge in [-0.2, -0.15) is 0 Å². The minimum absolute atomic E-state index is 0.0249. The van der Waals surface area contributed by atoms with E-state index < -0.39 is 28.8 Å². The summed E-state index contributed by atoms with van der Waals surface area (Å²) in [7, 11) is 0. The number of oxime groups is 1. The zero-order valence-corrected chi connectivity index (χ0v) is 36.7. The van der Waals surface area contributed by atoms with Crippen molar-refractivity contribution in [3.8, 4) is 23.0 Å². The number of aliphatic hydroxyl groups is 2. The number of hydrogen-bond acceptors (Lipinski definition) is 13. The van der Waals surface area contributed by atoms with Crippen LogP contribution in [0.2, 0.25) is 0 Å². The van der Waals surface area contributed by atoms with Crippen LogP contribution in [0.4, 0.5) is 10.5 Å². The van der Waals surface area contributed by atoms with Crippen molar-refractivity contribution < 1.29 is 53.2 Å². The number of unbranched alkanes of at least 4 members (excludes halogenated alkanes) is 2. The third-order valence-electron chi connectivity index (χ3n) is 13.1. The number of benzene rings is 3. The monoisotopic (exact) mass is 894 g/mol. The lowest BCUT2D eigenvalue weighted by Crippen LogP contribution is -2.70. The van der Waals surface area contributed by atoms with Gasteiger partial charge in [-0.3, -0.25) is 14.9 Å². The molecule has 5 aliphatic rings. The van der Waals surface area contributed by atoms with E-state index in [1.54, 1.807) is 24.3 Å². The SMILES string of the molecule is C=CCOC12Oc3ccc(OC(=O)NCC)cc3C3C(CCCCO)C(CCCCO)C=C(C(=NOCc4ccc([N+](=O)[O-])cc4)CC1N(Cc1ccc4c(c1)OCO4)C(=O)C1CC1)C32. The lowest BCUT2D eigenvalue weighted by atomic mass is 9.55. The van der Waals surface area contributed by atoms with E-state index >= 15 is 0 Å². The van der Waals surface area contributed by atoms with Crippen molar-refractivity contribution in [1.82, 2.24) is 10.2 Å². The summed E-state index contributed by atoms with van der Waals surface area (Å²) in [5.74, 6) is -0.653. The van der Waals surface area contributed by atoms with Gasteiger partial charge in [0, 0.05) is 62.3 Å². The molecular formula is C49H58N4O12. The maximum atomic E-state index is 15.0. The number of rotatable bonds is 21. The smallest absolute Gasteiger partial charge is 0.412 e. The first-order valence-electron chi connectivity index (χ1n) is 22.8. The summed E-state index contributed by atoms with van der Waals surface area (Å²) in [6, 6.07) is 16.4. The molecule has 3 aromatic rings. The van der Waals surface area contributed by atoms with E-state index in [2.05, 4.69) is 18.0 Å². The molecule has 0 radical (unpaired) electrons. The third kappa shape index (κ3) is 9.85. The van der Waals surface area contributed by atoms with E-state index in [4.69, 9.17) is 33.7 Å². The number of hydrogen-bond donors (Lipinski definition) is 3. The Kier molecular flexibility index (Phi) is 14.4. The summed E-state index contributed by atoms with van der Waals surface area (Å²) in [6.07, 6.45) is 9.20. The lowest BCUT2D eigenvalue weighted by Gasteiger charge is -2.60. The highest BCUT2D eigenvalue weighted by molar-refractivity contribution is 6.03. The van der Waals surface area contributed by atoms with Gasteiger partial charge < -0.3 is 49.0 Å². The van der Waals surface area contributed by atoms with E-state index in [-0.39, 0.29) is 81.5 Å². The second-order valence-electron chi connectivity index (χ2n) is 17.3. The molecule has 3 N–H and O–H groups in total. The van der Waals surface area contributed by atoms with Gasteiger partial charge in [0.1, 0.15) is 24.1 Å². The van der Waals surface area contributed by atoms with Gasteiger partial charge >= 0.3 is 6.09 Å². The Labute approximate surface area is 378 Å². The van der Waals surface area contributed by atoms with Crippen molar-refractivity contribution in [3.63, 3.8) is 0 Å². The van der Waals surface area contributed by atoms with Crippen molar-refractivity contribution in [1.29, 1.82) is 0 Å². The quantitative estimate of drug-likeness (QED) is 0.0408. The Morgan fingerprint density at radius 2 is 1.72 bits per heavy atom. The molecule has 8 rings (SSSR count). The summed E-state index contributed by atoms with van der Waals surface area (Å²) in [5.41, 5.74) is 3.72. The van der Waals surface area contributed by atoms with Gasteiger partial charge in [-0.05, 0) is 116 Å². The predicted molar refractivity (Wildman–Crippen MR) is 238 cm³/mol. The second kappa shape index (κ2) is 20.5. The minimum atomic E-state index is -1.50. The molecule has 65 heavy (non-hydrogen) atoms. The first-order chi connectivity index (χ1) is 31.7. The van der Waals surface area contributed by atoms with Crippen LogP contribution in [-0.2, 0) is 27.5 Å². The van der Waals surface area contributed by atoms with Crippen LogP contribution in [0.1, 0.15) is 87.3 Å². The fourth-order valence-electron chi connectivity index (χ4n) is 10.0. The number of amides is 2. The first kappa shape index (κ1) is 45.6. The van der Waals surface area contributed by atoms with Gasteiger partial charge in [0.2, 0.25) is 18.5 Å². The van der Waals surface area contributed by atoms with E-state index in [1.165, 1.54) is 12.1 Å². The normalized spacial score (nSPS) is 24.2. The third-order valence-corrected chi connectivity index (χ3v) is 13.1. The van der Waals surface area contributed by atoms with Crippen molar-refractivity contribution in [3.05, 3.63) is 112 Å². The Hall–Kier alpha value is -5.97. The maximum Gasteiger partial charge on any atom is 0.412 e. The molecule has 0 aromatic heterocycles. The molecule has 16 heteroatoms. The fourth-order valence-corrected chi connectivity index (χ4v) is 10.0. The summed E-state index contributed by atoms with van der Waals surface area (Å²) < 4.78 is 31.7. The number of carbonyl (C=O) groups is 2. The molecule has 2 aliphatic heterocycles. The fraction of sp³-hybridized carbons (Fsp3) is 0.490. The molecule has 2 amide bonds. The Morgan fingerprint density at radius 1 is 0.985 bits per heavy atom. The summed E-state index contributed by atoms with van der Waals surface area (Å²) in [6.45, 7) is 6.74. The van der Waals surface area contributed by atoms with Crippen LogP contribution in [0.15, 0.2) is 90.1 Å². The molecule has 3 aromatic carbocycles. The van der Waals surface area contributed by atoms with Crippen molar-refractivity contribution >= 4 is 23.4 Å². The molecule has 3 aliphatic carbocycles. The highest BCUT2D eigenvalue weighted by Gasteiger charge is 2.66. The zero-order chi connectivity index (χ0) is 45.5. The van der Waals surface area contributed by atoms with Crippen molar-refractivity contribution in [2.45, 2.75) is 95.6 Å². The Balaban J connectivity index is 1.31. The lowest BCUT2D eigenvalue weighted by molar-refractivity contribution is -0.384. The Bertz CT molecular complexity index is 2280. The van der Waals surface area contributed by atoms with Gasteiger partial charge in [0.25, 0.3) is 5.69 Å². The van der Waals surface area contributed by atoms with Gasteiger partial charge in [-0.25, -0.2) is 4.79 Å². The molecule has 2 fully saturated rings. The van der Waals surface area contributed by atoms with Gasteiger partial charge in [0.05, 0.1) is 23.2 Å². The van der Waals surface area contributed by atoms with Crippen LogP contribution in [0, 0.1) is 33.8 Å². The van der Waals surface area contributed by atoms with E-state index in [0.717, 1.165) is 55.2 Å². The predicted octanol–water partition coefficient (Wildman–Crippen LogP) is 7.70. The molecule has 6 atom stereocenters. The molecule has 16 nitrogen and oxygen atoms in total. The van der Waals surface area contributed by atoms with E-state index in [0.29, 0.717) is 53.7 Å². The van der Waals surface area contributed by atoms with Crippen LogP contribution in [0.5, 0.6) is 23.0 Å². The number of allylic oxidation sites excluding steroid dienone is 1. The van der Waals surface area contributed by atoms with Crippen LogP contribution < -0.4 is 24.3 Å². The number of ether oxygens (including phenoxy) is 5. The summed E-state index contributed by atoms with van der Waals surface area (Å²) >= 11 is 0. The number of nitro benzene ring substituents is 1. The van der Waals surface area contributed by atoms with Crippen molar-refractivity contribution in [2.75, 3.05) is 33.2 Å². The van der Waals surface area contributed by atoms with Gasteiger partial charge in [-0.1, -0.05) is 36.2 Å². The molecule has 2 saturated carbocycles. The standard InChI is InChI=1S/C49H58N4O12/c1-3-23-62-49-44(52(47(56)33-14-15-33)28-32-13-19-42-43(24-32)61-30-60-42)27-40(51-63-29-31-11-16-35(17-12-31)53(58)59)38-25-34(9-5-7-21-54)37(10-6-8-22-55)45(46(38)49)39-26-36(18-20-41(39)65-49)64-48(57)50-4-2/h3,11-13,16-20,24-26,33-34,37,44-46,54-55H,1,4-10,14-15,21-23,27-30H2,2H3,(H,50,57). The topological polar surface area (TPSA) is 201 Å². The van der Waals surface area contributed by atoms with Gasteiger partial charge in [0.15, 0.2) is 11.5 Å². The second-order valence-corrected chi connectivity index (χ2v) is 17.3. The summed E-state index contributed by atoms with van der Waals surface area (Å²) in [4.78, 5) is 46.8. The van der Waals surface area contributed by atoms with E-state index in [9.17, 15) is 29.9 Å². The number of nitrogens with one attached hydrogen (secondary N) is 1. The van der Waals surface area contributed by atoms with Crippen LogP contribution >= 0.6 is 0 Å². The van der Waals surface area contributed by atoms with Crippen LogP contribution in [0.25, 0.3) is 0 Å². The maximum absolute atomic E-state index is 15.0. The molecule has 0 bridgehead atoms. The number of nitro groups is 1. The molecule has 346 valence electrons. The molecule has 0 saturated heterocycles.